The van der Waals surface area contributed by atoms with Crippen LogP contribution in [0.3, 0.4) is 0 Å². The lowest BCUT2D eigenvalue weighted by molar-refractivity contribution is -0.156. The molecule has 2 rings (SSSR count). The minimum Gasteiger partial charge on any atom is -0.460 e. The van der Waals surface area contributed by atoms with E-state index in [9.17, 15) is 4.79 Å². The molecule has 19 heavy (non-hydrogen) atoms. The molecule has 0 spiro atoms. The Hall–Kier alpha value is -1.31. The first-order valence-electron chi connectivity index (χ1n) is 7.14. The smallest absolute Gasteiger partial charge is 0.306 e. The molecule has 1 fully saturated rings. The van der Waals surface area contributed by atoms with E-state index in [0.717, 1.165) is 12.8 Å². The van der Waals surface area contributed by atoms with Gasteiger partial charge in [0.1, 0.15) is 5.60 Å². The molecule has 0 aromatic heterocycles. The summed E-state index contributed by atoms with van der Waals surface area (Å²) in [5.41, 5.74) is 1.21. The highest BCUT2D eigenvalue weighted by Gasteiger charge is 2.44. The van der Waals surface area contributed by atoms with Gasteiger partial charge in [0, 0.05) is 0 Å². The maximum atomic E-state index is 11.9. The van der Waals surface area contributed by atoms with Gasteiger partial charge in [-0.05, 0) is 57.4 Å². The summed E-state index contributed by atoms with van der Waals surface area (Å²) in [5, 5.41) is 0. The van der Waals surface area contributed by atoms with Gasteiger partial charge in [0.15, 0.2) is 0 Å². The highest BCUT2D eigenvalue weighted by molar-refractivity contribution is 5.71. The maximum Gasteiger partial charge on any atom is 0.306 e. The minimum atomic E-state index is -0.368. The third-order valence-electron chi connectivity index (χ3n) is 3.68. The number of benzene rings is 1. The zero-order valence-corrected chi connectivity index (χ0v) is 12.2. The van der Waals surface area contributed by atoms with Gasteiger partial charge in [0.25, 0.3) is 0 Å². The number of hydrogen-bond acceptors (Lipinski definition) is 2. The van der Waals surface area contributed by atoms with Gasteiger partial charge in [-0.1, -0.05) is 30.3 Å². The molecule has 0 heterocycles. The molecule has 0 atom stereocenters. The van der Waals surface area contributed by atoms with Crippen molar-refractivity contribution in [1.29, 1.82) is 0 Å². The second-order valence-electron chi connectivity index (χ2n) is 6.75. The fourth-order valence-corrected chi connectivity index (χ4v) is 2.43. The van der Waals surface area contributed by atoms with E-state index in [-0.39, 0.29) is 17.0 Å². The van der Waals surface area contributed by atoms with Gasteiger partial charge in [0.2, 0.25) is 0 Å². The molecule has 0 saturated heterocycles. The molecule has 1 aromatic carbocycles. The summed E-state index contributed by atoms with van der Waals surface area (Å²) in [4.78, 5) is 11.9. The van der Waals surface area contributed by atoms with Crippen LogP contribution in [-0.2, 0) is 16.0 Å². The molecule has 2 heteroatoms. The molecular formula is C17H24O2. The van der Waals surface area contributed by atoms with Crippen LogP contribution >= 0.6 is 0 Å². The number of aryl methyl sites for hydroxylation is 1. The molecule has 1 aliphatic rings. The zero-order chi connectivity index (χ0) is 13.9. The van der Waals surface area contributed by atoms with Crippen molar-refractivity contribution >= 4 is 5.97 Å². The Morgan fingerprint density at radius 3 is 2.37 bits per heavy atom. The summed E-state index contributed by atoms with van der Waals surface area (Å²) in [7, 11) is 0. The van der Waals surface area contributed by atoms with Crippen molar-refractivity contribution < 1.29 is 9.53 Å². The number of ether oxygens (including phenoxy) is 1. The highest BCUT2D eigenvalue weighted by Crippen LogP contribution is 2.52. The van der Waals surface area contributed by atoms with Crippen LogP contribution in [0.25, 0.3) is 0 Å². The lowest BCUT2D eigenvalue weighted by Gasteiger charge is -2.22. The number of carbonyl (C=O) groups excluding carboxylic acids is 1. The van der Waals surface area contributed by atoms with Gasteiger partial charge in [-0.3, -0.25) is 4.79 Å². The Kier molecular flexibility index (Phi) is 3.98. The molecule has 0 unspecified atom stereocenters. The topological polar surface area (TPSA) is 26.3 Å². The van der Waals surface area contributed by atoms with Gasteiger partial charge in [-0.2, -0.15) is 0 Å². The molecule has 0 amide bonds. The monoisotopic (exact) mass is 260 g/mol. The first-order chi connectivity index (χ1) is 8.89. The Balaban J connectivity index is 1.82. The molecule has 0 N–H and O–H groups in total. The van der Waals surface area contributed by atoms with Crippen molar-refractivity contribution in [2.75, 3.05) is 0 Å². The molecule has 0 radical (unpaired) electrons. The van der Waals surface area contributed by atoms with E-state index in [0.29, 0.717) is 6.42 Å². The lowest BCUT2D eigenvalue weighted by atomic mass is 9.93. The summed E-state index contributed by atoms with van der Waals surface area (Å²) in [6, 6.07) is 10.5. The van der Waals surface area contributed by atoms with E-state index in [1.54, 1.807) is 0 Å². The van der Waals surface area contributed by atoms with E-state index in [4.69, 9.17) is 4.74 Å². The lowest BCUT2D eigenvalue weighted by Crippen LogP contribution is -2.25. The van der Waals surface area contributed by atoms with Gasteiger partial charge in [-0.15, -0.1) is 0 Å². The standard InChI is InChI=1S/C17H24O2/c1-16(2,3)19-15(18)13-17(11-12-17)10-9-14-7-5-4-6-8-14/h4-8H,9-13H2,1-3H3. The second kappa shape index (κ2) is 5.36. The summed E-state index contributed by atoms with van der Waals surface area (Å²) >= 11 is 0. The SMILES string of the molecule is CC(C)(C)OC(=O)CC1(CCc2ccccc2)CC1. The van der Waals surface area contributed by atoms with Crippen LogP contribution in [-0.4, -0.2) is 11.6 Å². The van der Waals surface area contributed by atoms with Gasteiger partial charge >= 0.3 is 5.97 Å². The van der Waals surface area contributed by atoms with Crippen LogP contribution in [0.4, 0.5) is 0 Å². The van der Waals surface area contributed by atoms with Gasteiger partial charge < -0.3 is 4.74 Å². The van der Waals surface area contributed by atoms with Crippen molar-refractivity contribution in [3.63, 3.8) is 0 Å². The van der Waals surface area contributed by atoms with E-state index in [1.807, 2.05) is 26.8 Å². The number of carbonyl (C=O) groups is 1. The molecule has 1 aromatic rings. The first kappa shape index (κ1) is 14.1. The number of hydrogen-bond donors (Lipinski definition) is 0. The number of esters is 1. The molecule has 104 valence electrons. The van der Waals surface area contributed by atoms with Crippen molar-refractivity contribution in [2.45, 2.75) is 58.5 Å². The highest BCUT2D eigenvalue weighted by atomic mass is 16.6. The summed E-state index contributed by atoms with van der Waals surface area (Å²) in [5.74, 6) is -0.0435. The Labute approximate surface area is 116 Å². The largest absolute Gasteiger partial charge is 0.460 e. The maximum absolute atomic E-state index is 11.9. The van der Waals surface area contributed by atoms with Crippen LogP contribution in [0.1, 0.15) is 52.0 Å². The Morgan fingerprint density at radius 2 is 1.84 bits per heavy atom. The van der Waals surface area contributed by atoms with Crippen molar-refractivity contribution in [1.82, 2.24) is 0 Å². The van der Waals surface area contributed by atoms with Crippen LogP contribution in [0.2, 0.25) is 0 Å². The molecule has 0 bridgehead atoms. The van der Waals surface area contributed by atoms with Crippen molar-refractivity contribution in [3.8, 4) is 0 Å². The minimum absolute atomic E-state index is 0.0435. The summed E-state index contributed by atoms with van der Waals surface area (Å²) < 4.78 is 5.43. The second-order valence-corrected chi connectivity index (χ2v) is 6.75. The van der Waals surface area contributed by atoms with Gasteiger partial charge in [-0.25, -0.2) is 0 Å². The van der Waals surface area contributed by atoms with Crippen LogP contribution in [0.5, 0.6) is 0 Å². The molecular weight excluding hydrogens is 236 g/mol. The fourth-order valence-electron chi connectivity index (χ4n) is 2.43. The molecule has 1 saturated carbocycles. The van der Waals surface area contributed by atoms with E-state index >= 15 is 0 Å². The summed E-state index contributed by atoms with van der Waals surface area (Å²) in [6.07, 6.45) is 5.06. The van der Waals surface area contributed by atoms with Gasteiger partial charge in [0.05, 0.1) is 6.42 Å². The average molecular weight is 260 g/mol. The number of rotatable bonds is 5. The van der Waals surface area contributed by atoms with Crippen LogP contribution in [0, 0.1) is 5.41 Å². The Bertz CT molecular complexity index is 424. The van der Waals surface area contributed by atoms with Crippen LogP contribution < -0.4 is 0 Å². The summed E-state index contributed by atoms with van der Waals surface area (Å²) in [6.45, 7) is 5.78. The third-order valence-corrected chi connectivity index (χ3v) is 3.68. The van der Waals surface area contributed by atoms with Crippen molar-refractivity contribution in [2.24, 2.45) is 5.41 Å². The quantitative estimate of drug-likeness (QED) is 0.744. The fraction of sp³-hybridized carbons (Fsp3) is 0.588. The predicted octanol–water partition coefficient (Wildman–Crippen LogP) is 4.13. The molecule has 2 nitrogen and oxygen atoms in total. The normalized spacial score (nSPS) is 17.0. The van der Waals surface area contributed by atoms with E-state index < -0.39 is 0 Å². The average Bonchev–Trinajstić information content (AvgIpc) is 3.05. The van der Waals surface area contributed by atoms with E-state index in [1.165, 1.54) is 18.4 Å². The first-order valence-corrected chi connectivity index (χ1v) is 7.14. The van der Waals surface area contributed by atoms with Crippen molar-refractivity contribution in [3.05, 3.63) is 35.9 Å². The van der Waals surface area contributed by atoms with Crippen LogP contribution in [0.15, 0.2) is 30.3 Å². The Morgan fingerprint density at radius 1 is 1.21 bits per heavy atom. The molecule has 0 aliphatic heterocycles. The third kappa shape index (κ3) is 4.70. The van der Waals surface area contributed by atoms with E-state index in [2.05, 4.69) is 24.3 Å². The zero-order valence-electron chi connectivity index (χ0n) is 12.2. The molecule has 1 aliphatic carbocycles. The predicted molar refractivity (Wildman–Crippen MR) is 76.9 cm³/mol.